The second-order valence-electron chi connectivity index (χ2n) is 5.12. The standard InChI is InChI=1S/C16H19ClIN/c1-2-3-11-19-12-5-4-10-16(19,18)13-14-6-8-15(17)9-7-14/h1,6-9H,3-5,10-13H2. The minimum absolute atomic E-state index is 0.209. The average Bonchev–Trinajstić information content (AvgIpc) is 2.40. The molecule has 1 nitrogen and oxygen atoms in total. The lowest BCUT2D eigenvalue weighted by molar-refractivity contribution is 0.137. The molecule has 1 unspecified atom stereocenters. The van der Waals surface area contributed by atoms with Crippen molar-refractivity contribution in [2.75, 3.05) is 13.1 Å². The molecule has 0 aliphatic carbocycles. The van der Waals surface area contributed by atoms with Gasteiger partial charge in [0.25, 0.3) is 0 Å². The third-order valence-corrected chi connectivity index (χ3v) is 5.57. The Kier molecular flexibility index (Phi) is 5.56. The molecule has 1 aromatic carbocycles. The lowest BCUT2D eigenvalue weighted by Crippen LogP contribution is -2.49. The SMILES string of the molecule is C#CCCN1CCCCC1(I)Cc1ccc(Cl)cc1. The number of alkyl halides is 1. The number of piperidine rings is 1. The number of hydrogen-bond acceptors (Lipinski definition) is 1. The lowest BCUT2D eigenvalue weighted by Gasteiger charge is -2.43. The Morgan fingerprint density at radius 2 is 2.05 bits per heavy atom. The van der Waals surface area contributed by atoms with Gasteiger partial charge in [-0.05, 0) is 43.5 Å². The summed E-state index contributed by atoms with van der Waals surface area (Å²) in [6, 6.07) is 8.23. The first-order valence-corrected chi connectivity index (χ1v) is 8.21. The fraction of sp³-hybridized carbons (Fsp3) is 0.500. The molecule has 0 saturated carbocycles. The van der Waals surface area contributed by atoms with Crippen molar-refractivity contribution in [2.24, 2.45) is 0 Å². The summed E-state index contributed by atoms with van der Waals surface area (Å²) in [5.74, 6) is 2.76. The molecule has 1 aliphatic rings. The van der Waals surface area contributed by atoms with Crippen molar-refractivity contribution in [3.05, 3.63) is 34.9 Å². The number of benzene rings is 1. The van der Waals surface area contributed by atoms with E-state index in [4.69, 9.17) is 18.0 Å². The highest BCUT2D eigenvalue weighted by Crippen LogP contribution is 2.37. The molecule has 0 bridgehead atoms. The highest BCUT2D eigenvalue weighted by molar-refractivity contribution is 14.1. The number of nitrogens with zero attached hydrogens (tertiary/aromatic N) is 1. The van der Waals surface area contributed by atoms with E-state index in [9.17, 15) is 0 Å². The number of rotatable bonds is 4. The fourth-order valence-corrected chi connectivity index (χ4v) is 4.11. The van der Waals surface area contributed by atoms with Crippen LogP contribution in [0.25, 0.3) is 0 Å². The van der Waals surface area contributed by atoms with Gasteiger partial charge in [-0.3, -0.25) is 4.90 Å². The van der Waals surface area contributed by atoms with Gasteiger partial charge in [-0.1, -0.05) is 46.3 Å². The molecule has 102 valence electrons. The predicted octanol–water partition coefficient (Wildman–Crippen LogP) is 4.52. The van der Waals surface area contributed by atoms with E-state index < -0.39 is 0 Å². The van der Waals surface area contributed by atoms with Gasteiger partial charge in [0.05, 0.1) is 3.55 Å². The summed E-state index contributed by atoms with van der Waals surface area (Å²) in [5.41, 5.74) is 1.35. The van der Waals surface area contributed by atoms with Crippen LogP contribution < -0.4 is 0 Å². The number of terminal acetylenes is 1. The predicted molar refractivity (Wildman–Crippen MR) is 90.8 cm³/mol. The van der Waals surface area contributed by atoms with Crippen molar-refractivity contribution >= 4 is 34.2 Å². The van der Waals surface area contributed by atoms with E-state index >= 15 is 0 Å². The van der Waals surface area contributed by atoms with Crippen LogP contribution in [0.4, 0.5) is 0 Å². The van der Waals surface area contributed by atoms with Gasteiger partial charge in [-0.15, -0.1) is 12.3 Å². The zero-order chi connectivity index (χ0) is 13.7. The smallest absolute Gasteiger partial charge is 0.0771 e. The lowest BCUT2D eigenvalue weighted by atomic mass is 9.95. The molecule has 0 radical (unpaired) electrons. The van der Waals surface area contributed by atoms with Crippen molar-refractivity contribution < 1.29 is 0 Å². The molecular weight excluding hydrogens is 369 g/mol. The zero-order valence-corrected chi connectivity index (χ0v) is 14.0. The molecule has 1 aliphatic heterocycles. The van der Waals surface area contributed by atoms with E-state index in [-0.39, 0.29) is 3.55 Å². The first kappa shape index (κ1) is 15.2. The molecule has 19 heavy (non-hydrogen) atoms. The first-order valence-electron chi connectivity index (χ1n) is 6.76. The third kappa shape index (κ3) is 4.11. The quantitative estimate of drug-likeness (QED) is 0.318. The van der Waals surface area contributed by atoms with Crippen LogP contribution in [0.15, 0.2) is 24.3 Å². The Morgan fingerprint density at radius 1 is 1.32 bits per heavy atom. The van der Waals surface area contributed by atoms with Crippen molar-refractivity contribution in [1.29, 1.82) is 0 Å². The van der Waals surface area contributed by atoms with Crippen molar-refractivity contribution in [2.45, 2.75) is 35.6 Å². The number of likely N-dealkylation sites (tertiary alicyclic amines) is 1. The summed E-state index contributed by atoms with van der Waals surface area (Å²) < 4.78 is 0.209. The maximum atomic E-state index is 5.95. The molecule has 1 saturated heterocycles. The number of hydrogen-bond donors (Lipinski definition) is 0. The van der Waals surface area contributed by atoms with E-state index in [2.05, 4.69) is 45.5 Å². The fourth-order valence-electron chi connectivity index (χ4n) is 2.68. The van der Waals surface area contributed by atoms with E-state index in [1.165, 1.54) is 24.8 Å². The van der Waals surface area contributed by atoms with Crippen LogP contribution in [0, 0.1) is 12.3 Å². The van der Waals surface area contributed by atoms with Crippen LogP contribution >= 0.6 is 34.2 Å². The normalized spacial score (nSPS) is 24.1. The monoisotopic (exact) mass is 387 g/mol. The molecule has 0 spiro atoms. The van der Waals surface area contributed by atoms with Gasteiger partial charge in [-0.25, -0.2) is 0 Å². The van der Waals surface area contributed by atoms with Gasteiger partial charge in [-0.2, -0.15) is 0 Å². The Hall–Kier alpha value is -0.240. The topological polar surface area (TPSA) is 3.24 Å². The number of halogens is 2. The van der Waals surface area contributed by atoms with Gasteiger partial charge in [0.2, 0.25) is 0 Å². The van der Waals surface area contributed by atoms with Crippen molar-refractivity contribution in [3.63, 3.8) is 0 Å². The van der Waals surface area contributed by atoms with Gasteiger partial charge in [0.15, 0.2) is 0 Å². The largest absolute Gasteiger partial charge is 0.288 e. The summed E-state index contributed by atoms with van der Waals surface area (Å²) in [6.45, 7) is 2.17. The Morgan fingerprint density at radius 3 is 2.74 bits per heavy atom. The molecule has 0 amide bonds. The van der Waals surface area contributed by atoms with E-state index in [0.717, 1.165) is 31.0 Å². The average molecular weight is 388 g/mol. The second kappa shape index (κ2) is 6.97. The summed E-state index contributed by atoms with van der Waals surface area (Å²) in [4.78, 5) is 2.56. The summed E-state index contributed by atoms with van der Waals surface area (Å²) in [5, 5.41) is 0.805. The van der Waals surface area contributed by atoms with Gasteiger partial charge < -0.3 is 0 Å². The first-order chi connectivity index (χ1) is 9.14. The Bertz CT molecular complexity index is 451. The van der Waals surface area contributed by atoms with Crippen LogP contribution in [-0.2, 0) is 6.42 Å². The van der Waals surface area contributed by atoms with Crippen LogP contribution in [-0.4, -0.2) is 21.5 Å². The van der Waals surface area contributed by atoms with Crippen LogP contribution in [0.1, 0.15) is 31.2 Å². The van der Waals surface area contributed by atoms with E-state index in [0.29, 0.717) is 0 Å². The molecule has 1 atom stereocenters. The molecular formula is C16H19ClIN. The Balaban J connectivity index is 2.09. The van der Waals surface area contributed by atoms with Crippen molar-refractivity contribution in [3.8, 4) is 12.3 Å². The van der Waals surface area contributed by atoms with Gasteiger partial charge >= 0.3 is 0 Å². The second-order valence-corrected chi connectivity index (χ2v) is 7.56. The van der Waals surface area contributed by atoms with Crippen molar-refractivity contribution in [1.82, 2.24) is 4.90 Å². The van der Waals surface area contributed by atoms with Crippen LogP contribution in [0.2, 0.25) is 5.02 Å². The highest BCUT2D eigenvalue weighted by atomic mass is 127. The van der Waals surface area contributed by atoms with Gasteiger partial charge in [0, 0.05) is 24.4 Å². The maximum Gasteiger partial charge on any atom is 0.0771 e. The molecule has 0 aromatic heterocycles. The van der Waals surface area contributed by atoms with E-state index in [1.807, 2.05) is 12.1 Å². The van der Waals surface area contributed by atoms with E-state index in [1.54, 1.807) is 0 Å². The summed E-state index contributed by atoms with van der Waals surface area (Å²) in [6.07, 6.45) is 11.1. The van der Waals surface area contributed by atoms with Gasteiger partial charge in [0.1, 0.15) is 0 Å². The summed E-state index contributed by atoms with van der Waals surface area (Å²) in [7, 11) is 0. The minimum Gasteiger partial charge on any atom is -0.288 e. The molecule has 3 heteroatoms. The van der Waals surface area contributed by atoms with Crippen LogP contribution in [0.3, 0.4) is 0 Å². The molecule has 1 fully saturated rings. The minimum atomic E-state index is 0.209. The molecule has 2 rings (SSSR count). The maximum absolute atomic E-state index is 5.95. The Labute approximate surface area is 134 Å². The third-order valence-electron chi connectivity index (χ3n) is 3.72. The highest BCUT2D eigenvalue weighted by Gasteiger charge is 2.35. The summed E-state index contributed by atoms with van der Waals surface area (Å²) >= 11 is 8.58. The van der Waals surface area contributed by atoms with Crippen LogP contribution in [0.5, 0.6) is 0 Å². The molecule has 1 heterocycles. The zero-order valence-electron chi connectivity index (χ0n) is 11.0. The molecule has 1 aromatic rings. The molecule has 0 N–H and O–H groups in total.